The van der Waals surface area contributed by atoms with Crippen LogP contribution in [0.3, 0.4) is 0 Å². The molecule has 32 heavy (non-hydrogen) atoms. The van der Waals surface area contributed by atoms with Crippen molar-refractivity contribution in [3.8, 4) is 28.8 Å². The Hall–Kier alpha value is -4.20. The van der Waals surface area contributed by atoms with Crippen LogP contribution in [0, 0.1) is 5.82 Å². The maximum absolute atomic E-state index is 13.4. The maximum Gasteiger partial charge on any atom is 0.336 e. The molecule has 1 heterocycles. The van der Waals surface area contributed by atoms with E-state index in [1.54, 1.807) is 72.5 Å². The molecule has 3 aromatic carbocycles. The molecule has 1 N–H and O–H groups in total. The normalized spacial score (nSPS) is 10.6. The molecular formula is C24H21FN4O3. The molecule has 0 spiro atoms. The quantitative estimate of drug-likeness (QED) is 0.457. The van der Waals surface area contributed by atoms with Crippen molar-refractivity contribution in [2.75, 3.05) is 19.0 Å². The number of carbonyl (C=O) groups is 1. The summed E-state index contributed by atoms with van der Waals surface area (Å²) in [7, 11) is 1.55. The second-order valence-corrected chi connectivity index (χ2v) is 6.80. The molecule has 1 aromatic heterocycles. The predicted molar refractivity (Wildman–Crippen MR) is 119 cm³/mol. The summed E-state index contributed by atoms with van der Waals surface area (Å²) in [6.45, 7) is 2.26. The average Bonchev–Trinajstić information content (AvgIpc) is 3.24. The van der Waals surface area contributed by atoms with Crippen molar-refractivity contribution in [3.63, 3.8) is 0 Å². The third-order valence-electron chi connectivity index (χ3n) is 4.67. The minimum atomic E-state index is -0.332. The van der Waals surface area contributed by atoms with Crippen LogP contribution >= 0.6 is 0 Å². The van der Waals surface area contributed by atoms with E-state index < -0.39 is 0 Å². The fraction of sp³-hybridized carbons (Fsp3) is 0.125. The molecule has 0 aliphatic carbocycles. The van der Waals surface area contributed by atoms with Gasteiger partial charge in [-0.05, 0) is 73.7 Å². The van der Waals surface area contributed by atoms with E-state index >= 15 is 0 Å². The van der Waals surface area contributed by atoms with Crippen LogP contribution < -0.4 is 14.8 Å². The first-order valence-corrected chi connectivity index (χ1v) is 9.99. The van der Waals surface area contributed by atoms with Gasteiger partial charge in [0.25, 0.3) is 5.91 Å². The zero-order valence-corrected chi connectivity index (χ0v) is 17.6. The zero-order valence-electron chi connectivity index (χ0n) is 17.6. The molecule has 8 heteroatoms. The van der Waals surface area contributed by atoms with E-state index in [1.807, 2.05) is 6.92 Å². The van der Waals surface area contributed by atoms with Crippen LogP contribution in [-0.4, -0.2) is 34.4 Å². The summed E-state index contributed by atoms with van der Waals surface area (Å²) in [6.07, 6.45) is 0. The SMILES string of the molecule is CCOc1nc(-c2ccc(F)cc2)n(-c2ccc(NC(=O)c3cccc(OC)c3)cc2)n1. The van der Waals surface area contributed by atoms with Crippen LogP contribution in [0.4, 0.5) is 10.1 Å². The molecule has 0 aliphatic rings. The van der Waals surface area contributed by atoms with Crippen molar-refractivity contribution >= 4 is 11.6 Å². The van der Waals surface area contributed by atoms with Crippen molar-refractivity contribution in [2.24, 2.45) is 0 Å². The van der Waals surface area contributed by atoms with Crippen LogP contribution in [0.1, 0.15) is 17.3 Å². The number of carbonyl (C=O) groups excluding carboxylic acids is 1. The van der Waals surface area contributed by atoms with E-state index in [1.165, 1.54) is 12.1 Å². The number of rotatable bonds is 7. The standard InChI is InChI=1S/C24H21FN4O3/c1-3-32-24-27-22(16-7-9-18(25)10-8-16)29(28-24)20-13-11-19(12-14-20)26-23(30)17-5-4-6-21(15-17)31-2/h4-15H,3H2,1-2H3,(H,26,30). The van der Waals surface area contributed by atoms with E-state index in [9.17, 15) is 9.18 Å². The van der Waals surface area contributed by atoms with Crippen LogP contribution in [0.5, 0.6) is 11.8 Å². The smallest absolute Gasteiger partial charge is 0.336 e. The number of methoxy groups -OCH3 is 1. The molecule has 4 aromatic rings. The fourth-order valence-corrected chi connectivity index (χ4v) is 3.10. The lowest BCUT2D eigenvalue weighted by Crippen LogP contribution is -2.12. The van der Waals surface area contributed by atoms with Gasteiger partial charge in [-0.15, -0.1) is 5.10 Å². The van der Waals surface area contributed by atoms with E-state index in [0.29, 0.717) is 40.7 Å². The summed E-state index contributed by atoms with van der Waals surface area (Å²) in [5.41, 5.74) is 2.52. The van der Waals surface area contributed by atoms with Gasteiger partial charge in [-0.2, -0.15) is 4.98 Å². The number of hydrogen-bond donors (Lipinski definition) is 1. The zero-order chi connectivity index (χ0) is 22.5. The van der Waals surface area contributed by atoms with Crippen LogP contribution in [0.2, 0.25) is 0 Å². The van der Waals surface area contributed by atoms with Crippen LogP contribution in [0.25, 0.3) is 17.1 Å². The number of hydrogen-bond acceptors (Lipinski definition) is 5. The highest BCUT2D eigenvalue weighted by molar-refractivity contribution is 6.04. The van der Waals surface area contributed by atoms with Crippen molar-refractivity contribution in [1.82, 2.24) is 14.8 Å². The van der Waals surface area contributed by atoms with Gasteiger partial charge in [0.1, 0.15) is 11.6 Å². The summed E-state index contributed by atoms with van der Waals surface area (Å²) in [5.74, 6) is 0.545. The first kappa shape index (κ1) is 21.0. The first-order valence-electron chi connectivity index (χ1n) is 9.99. The largest absolute Gasteiger partial charge is 0.497 e. The number of amides is 1. The number of nitrogens with one attached hydrogen (secondary N) is 1. The van der Waals surface area contributed by atoms with Gasteiger partial charge in [0.2, 0.25) is 0 Å². The fourth-order valence-electron chi connectivity index (χ4n) is 3.10. The number of ether oxygens (including phenoxy) is 2. The van der Waals surface area contributed by atoms with Crippen LogP contribution in [-0.2, 0) is 0 Å². The van der Waals surface area contributed by atoms with Gasteiger partial charge in [-0.1, -0.05) is 6.07 Å². The molecule has 0 saturated heterocycles. The van der Waals surface area contributed by atoms with E-state index in [2.05, 4.69) is 15.4 Å². The Morgan fingerprint density at radius 1 is 1.06 bits per heavy atom. The molecule has 7 nitrogen and oxygen atoms in total. The van der Waals surface area contributed by atoms with Gasteiger partial charge in [-0.25, -0.2) is 9.07 Å². The lowest BCUT2D eigenvalue weighted by molar-refractivity contribution is 0.102. The van der Waals surface area contributed by atoms with Gasteiger partial charge in [-0.3, -0.25) is 4.79 Å². The molecule has 0 unspecified atom stereocenters. The summed E-state index contributed by atoms with van der Waals surface area (Å²) in [6, 6.07) is 20.3. The monoisotopic (exact) mass is 432 g/mol. The summed E-state index contributed by atoms with van der Waals surface area (Å²) in [4.78, 5) is 17.0. The Morgan fingerprint density at radius 3 is 2.50 bits per heavy atom. The van der Waals surface area contributed by atoms with Crippen LogP contribution in [0.15, 0.2) is 72.8 Å². The molecule has 1 amide bonds. The van der Waals surface area contributed by atoms with Gasteiger partial charge in [0.05, 0.1) is 19.4 Å². The Kier molecular flexibility index (Phi) is 6.12. The van der Waals surface area contributed by atoms with Gasteiger partial charge < -0.3 is 14.8 Å². The molecule has 0 atom stereocenters. The van der Waals surface area contributed by atoms with Crippen molar-refractivity contribution in [3.05, 3.63) is 84.2 Å². The predicted octanol–water partition coefficient (Wildman–Crippen LogP) is 4.73. The summed E-state index contributed by atoms with van der Waals surface area (Å²) in [5, 5.41) is 7.27. The minimum Gasteiger partial charge on any atom is -0.497 e. The summed E-state index contributed by atoms with van der Waals surface area (Å²) >= 11 is 0. The maximum atomic E-state index is 13.4. The lowest BCUT2D eigenvalue weighted by atomic mass is 10.2. The molecule has 162 valence electrons. The highest BCUT2D eigenvalue weighted by Gasteiger charge is 2.15. The van der Waals surface area contributed by atoms with Crippen molar-refractivity contribution in [2.45, 2.75) is 6.92 Å². The number of anilines is 1. The van der Waals surface area contributed by atoms with E-state index in [0.717, 1.165) is 0 Å². The first-order chi connectivity index (χ1) is 15.6. The Balaban J connectivity index is 1.59. The Bertz CT molecular complexity index is 1220. The second-order valence-electron chi connectivity index (χ2n) is 6.80. The molecular weight excluding hydrogens is 411 g/mol. The third kappa shape index (κ3) is 4.59. The number of benzene rings is 3. The number of nitrogens with zero attached hydrogens (tertiary/aromatic N) is 3. The second kappa shape index (κ2) is 9.30. The molecule has 0 radical (unpaired) electrons. The average molecular weight is 432 g/mol. The van der Waals surface area contributed by atoms with Gasteiger partial charge >= 0.3 is 6.01 Å². The van der Waals surface area contributed by atoms with Crippen molar-refractivity contribution < 1.29 is 18.7 Å². The highest BCUT2D eigenvalue weighted by Crippen LogP contribution is 2.25. The Morgan fingerprint density at radius 2 is 1.81 bits per heavy atom. The molecule has 0 fully saturated rings. The number of aromatic nitrogens is 3. The van der Waals surface area contributed by atoms with Crippen molar-refractivity contribution in [1.29, 1.82) is 0 Å². The molecule has 0 bridgehead atoms. The minimum absolute atomic E-state index is 0.224. The molecule has 0 saturated carbocycles. The molecule has 0 aliphatic heterocycles. The summed E-state index contributed by atoms with van der Waals surface area (Å²) < 4.78 is 25.6. The third-order valence-corrected chi connectivity index (χ3v) is 4.67. The topological polar surface area (TPSA) is 78.3 Å². The van der Waals surface area contributed by atoms with E-state index in [4.69, 9.17) is 9.47 Å². The van der Waals surface area contributed by atoms with Gasteiger partial charge in [0, 0.05) is 16.8 Å². The highest BCUT2D eigenvalue weighted by atomic mass is 19.1. The Labute approximate surface area is 184 Å². The molecule has 4 rings (SSSR count). The van der Waals surface area contributed by atoms with E-state index in [-0.39, 0.29) is 17.7 Å². The van der Waals surface area contributed by atoms with Gasteiger partial charge in [0.15, 0.2) is 5.82 Å². The lowest BCUT2D eigenvalue weighted by Gasteiger charge is -2.09. The number of halogens is 1.